The van der Waals surface area contributed by atoms with E-state index >= 15 is 0 Å². The van der Waals surface area contributed by atoms with Crippen LogP contribution < -0.4 is 5.32 Å². The van der Waals surface area contributed by atoms with Crippen LogP contribution in [0.2, 0.25) is 0 Å². The van der Waals surface area contributed by atoms with E-state index in [1.165, 1.54) is 33.6 Å². The summed E-state index contributed by atoms with van der Waals surface area (Å²) >= 11 is 1.48. The Morgan fingerprint density at radius 3 is 2.77 bits per heavy atom. The molecule has 4 rings (SSSR count). The van der Waals surface area contributed by atoms with E-state index in [2.05, 4.69) is 15.4 Å². The molecule has 3 aromatic rings. The summed E-state index contributed by atoms with van der Waals surface area (Å²) in [6.45, 7) is 0.193. The number of amides is 2. The predicted molar refractivity (Wildman–Crippen MR) is 118 cm³/mol. The molecule has 9 heteroatoms. The number of anilines is 1. The third kappa shape index (κ3) is 4.83. The molecule has 31 heavy (non-hydrogen) atoms. The number of thiophene rings is 1. The Morgan fingerprint density at radius 1 is 1.26 bits per heavy atom. The summed E-state index contributed by atoms with van der Waals surface area (Å²) in [6.07, 6.45) is 5.90. The molecular weight excluding hydrogens is 414 g/mol. The summed E-state index contributed by atoms with van der Waals surface area (Å²) < 4.78 is 1.44. The second-order valence-corrected chi connectivity index (χ2v) is 8.77. The van der Waals surface area contributed by atoms with E-state index in [9.17, 15) is 14.7 Å². The van der Waals surface area contributed by atoms with E-state index in [0.29, 0.717) is 10.6 Å². The average molecular weight is 440 g/mol. The fourth-order valence-electron chi connectivity index (χ4n) is 3.82. The fourth-order valence-corrected chi connectivity index (χ4v) is 5.12. The number of nitrogens with one attached hydrogen (secondary N) is 1. The quantitative estimate of drug-likeness (QED) is 0.590. The van der Waals surface area contributed by atoms with Gasteiger partial charge in [-0.2, -0.15) is 5.10 Å². The minimum atomic E-state index is -0.782. The van der Waals surface area contributed by atoms with Gasteiger partial charge in [-0.25, -0.2) is 9.67 Å². The number of likely N-dealkylation sites (N-methyl/N-ethyl adjacent to an activating group) is 1. The highest BCUT2D eigenvalue weighted by atomic mass is 32.1. The molecule has 2 amide bonds. The van der Waals surface area contributed by atoms with E-state index in [0.717, 1.165) is 41.7 Å². The van der Waals surface area contributed by atoms with Crippen LogP contribution in [0.4, 0.5) is 5.00 Å². The molecule has 0 bridgehead atoms. The van der Waals surface area contributed by atoms with Crippen LogP contribution >= 0.6 is 11.3 Å². The molecule has 0 radical (unpaired) electrons. The van der Waals surface area contributed by atoms with Gasteiger partial charge in [-0.15, -0.1) is 11.3 Å². The van der Waals surface area contributed by atoms with Crippen LogP contribution in [0, 0.1) is 0 Å². The molecule has 2 N–H and O–H groups in total. The average Bonchev–Trinajstić information content (AvgIpc) is 3.40. The lowest BCUT2D eigenvalue weighted by Crippen LogP contribution is -2.32. The van der Waals surface area contributed by atoms with Crippen molar-refractivity contribution in [3.63, 3.8) is 0 Å². The van der Waals surface area contributed by atoms with E-state index in [4.69, 9.17) is 0 Å². The number of carbonyl (C=O) groups excluding carboxylic acids is 2. The number of fused-ring (bicyclic) bond motifs is 1. The topological polar surface area (TPSA) is 100 Å². The van der Waals surface area contributed by atoms with E-state index < -0.39 is 6.10 Å². The zero-order valence-corrected chi connectivity index (χ0v) is 18.1. The van der Waals surface area contributed by atoms with Gasteiger partial charge in [0.25, 0.3) is 5.91 Å². The number of hydrogen-bond acceptors (Lipinski definition) is 6. The fraction of sp³-hybridized carbons (Fsp3) is 0.364. The highest BCUT2D eigenvalue weighted by Gasteiger charge is 2.29. The van der Waals surface area contributed by atoms with Gasteiger partial charge in [0.05, 0.1) is 18.2 Å². The van der Waals surface area contributed by atoms with Crippen molar-refractivity contribution in [2.75, 3.05) is 18.9 Å². The third-order valence-corrected chi connectivity index (χ3v) is 6.60. The van der Waals surface area contributed by atoms with Gasteiger partial charge in [-0.3, -0.25) is 9.59 Å². The first kappa shape index (κ1) is 21.2. The van der Waals surface area contributed by atoms with Crippen molar-refractivity contribution in [3.8, 4) is 0 Å². The van der Waals surface area contributed by atoms with Crippen molar-refractivity contribution in [1.29, 1.82) is 0 Å². The highest BCUT2D eigenvalue weighted by Crippen LogP contribution is 2.39. The van der Waals surface area contributed by atoms with Crippen LogP contribution in [-0.2, 0) is 24.2 Å². The molecule has 1 aliphatic carbocycles. The number of aryl methyl sites for hydroxylation is 1. The van der Waals surface area contributed by atoms with Crippen molar-refractivity contribution < 1.29 is 14.7 Å². The largest absolute Gasteiger partial charge is 0.387 e. The van der Waals surface area contributed by atoms with E-state index in [1.54, 1.807) is 7.05 Å². The molecule has 1 atom stereocenters. The monoisotopic (exact) mass is 439 g/mol. The Bertz CT molecular complexity index is 1050. The maximum atomic E-state index is 13.4. The van der Waals surface area contributed by atoms with Gasteiger partial charge in [0.1, 0.15) is 24.2 Å². The molecule has 0 saturated heterocycles. The second kappa shape index (κ2) is 9.40. The lowest BCUT2D eigenvalue weighted by atomic mass is 9.95. The minimum Gasteiger partial charge on any atom is -0.387 e. The smallest absolute Gasteiger partial charge is 0.256 e. The summed E-state index contributed by atoms with van der Waals surface area (Å²) in [5.41, 5.74) is 2.34. The van der Waals surface area contributed by atoms with Crippen LogP contribution in [0.25, 0.3) is 0 Å². The Kier molecular flexibility index (Phi) is 6.43. The van der Waals surface area contributed by atoms with Crippen molar-refractivity contribution >= 4 is 28.2 Å². The summed E-state index contributed by atoms with van der Waals surface area (Å²) in [4.78, 5) is 32.5. The number of carbonyl (C=O) groups is 2. The number of aliphatic hydroxyl groups is 1. The molecule has 1 aromatic carbocycles. The molecule has 162 valence electrons. The minimum absolute atomic E-state index is 0.0265. The molecular formula is C22H25N5O3S. The molecule has 8 nitrogen and oxygen atoms in total. The standard InChI is InChI=1S/C22H25N5O3S/c1-26(11-17(28)15-7-3-2-4-8-15)22(30)20-16-9-5-6-10-18(16)31-21(20)25-19(29)12-27-14-23-13-24-27/h2-4,7-8,13-14,17,28H,5-6,9-12H2,1H3,(H,25,29). The zero-order valence-electron chi connectivity index (χ0n) is 17.3. The van der Waals surface area contributed by atoms with Crippen molar-refractivity contribution in [3.05, 3.63) is 64.6 Å². The van der Waals surface area contributed by atoms with E-state index in [1.807, 2.05) is 30.3 Å². The van der Waals surface area contributed by atoms with Crippen molar-refractivity contribution in [2.24, 2.45) is 0 Å². The van der Waals surface area contributed by atoms with Gasteiger partial charge in [0.2, 0.25) is 5.91 Å². The van der Waals surface area contributed by atoms with Crippen molar-refractivity contribution in [1.82, 2.24) is 19.7 Å². The van der Waals surface area contributed by atoms with Gasteiger partial charge in [0, 0.05) is 11.9 Å². The third-order valence-electron chi connectivity index (χ3n) is 5.39. The van der Waals surface area contributed by atoms with Gasteiger partial charge in [-0.05, 0) is 36.8 Å². The number of rotatable bonds is 7. The van der Waals surface area contributed by atoms with Crippen LogP contribution in [0.3, 0.4) is 0 Å². The normalized spacial score (nSPS) is 14.0. The lowest BCUT2D eigenvalue weighted by molar-refractivity contribution is -0.116. The maximum Gasteiger partial charge on any atom is 0.256 e. The van der Waals surface area contributed by atoms with Gasteiger partial charge < -0.3 is 15.3 Å². The molecule has 0 saturated carbocycles. The number of hydrogen-bond donors (Lipinski definition) is 2. The second-order valence-electron chi connectivity index (χ2n) is 7.67. The lowest BCUT2D eigenvalue weighted by Gasteiger charge is -2.23. The van der Waals surface area contributed by atoms with Crippen LogP contribution in [0.5, 0.6) is 0 Å². The molecule has 1 unspecified atom stereocenters. The first-order valence-corrected chi connectivity index (χ1v) is 11.1. The summed E-state index contributed by atoms with van der Waals surface area (Å²) in [6, 6.07) is 9.28. The highest BCUT2D eigenvalue weighted by molar-refractivity contribution is 7.17. The molecule has 1 aliphatic rings. The van der Waals surface area contributed by atoms with Crippen LogP contribution in [0.15, 0.2) is 43.0 Å². The van der Waals surface area contributed by atoms with Crippen LogP contribution in [-0.4, -0.2) is 50.2 Å². The number of nitrogens with zero attached hydrogens (tertiary/aromatic N) is 4. The van der Waals surface area contributed by atoms with Gasteiger partial charge in [0.15, 0.2) is 0 Å². The molecule has 0 fully saturated rings. The first-order chi connectivity index (χ1) is 15.0. The van der Waals surface area contributed by atoms with Gasteiger partial charge in [-0.1, -0.05) is 30.3 Å². The Morgan fingerprint density at radius 2 is 2.03 bits per heavy atom. The summed E-state index contributed by atoms with van der Waals surface area (Å²) in [5.74, 6) is -0.449. The van der Waals surface area contributed by atoms with E-state index in [-0.39, 0.29) is 24.9 Å². The SMILES string of the molecule is CN(CC(O)c1ccccc1)C(=O)c1c(NC(=O)Cn2cncn2)sc2c1CCCC2. The molecule has 0 aliphatic heterocycles. The predicted octanol–water partition coefficient (Wildman–Crippen LogP) is 2.66. The zero-order chi connectivity index (χ0) is 21.8. The van der Waals surface area contributed by atoms with Crippen LogP contribution in [0.1, 0.15) is 45.3 Å². The molecule has 2 heterocycles. The first-order valence-electron chi connectivity index (χ1n) is 10.3. The van der Waals surface area contributed by atoms with Gasteiger partial charge >= 0.3 is 0 Å². The number of aromatic nitrogens is 3. The Hall–Kier alpha value is -3.04. The number of benzene rings is 1. The Balaban J connectivity index is 1.54. The summed E-state index contributed by atoms with van der Waals surface area (Å²) in [5, 5.41) is 18.0. The molecule has 2 aromatic heterocycles. The van der Waals surface area contributed by atoms with Crippen molar-refractivity contribution in [2.45, 2.75) is 38.3 Å². The molecule has 0 spiro atoms. The maximum absolute atomic E-state index is 13.4. The number of aliphatic hydroxyl groups excluding tert-OH is 1. The summed E-state index contributed by atoms with van der Waals surface area (Å²) in [7, 11) is 1.68. The Labute approximate surface area is 184 Å².